The van der Waals surface area contributed by atoms with Gasteiger partial charge in [-0.2, -0.15) is 39.5 Å². The molecule has 15 unspecified atom stereocenters. The fourth-order valence-electron chi connectivity index (χ4n) is 13.0. The van der Waals surface area contributed by atoms with Crippen molar-refractivity contribution in [2.45, 2.75) is 108 Å². The molecule has 6 bridgehead atoms. The molecule has 49 heavy (non-hydrogen) atoms. The number of halogens is 9. The van der Waals surface area contributed by atoms with Gasteiger partial charge in [-0.25, -0.2) is 0 Å². The molecule has 0 nitrogen and oxygen atoms in total. The van der Waals surface area contributed by atoms with E-state index in [1.807, 2.05) is 0 Å². The van der Waals surface area contributed by atoms with E-state index < -0.39 is 36.3 Å². The number of allylic oxidation sites excluding steroid dienone is 6. The monoisotopic (exact) mass is 706 g/mol. The van der Waals surface area contributed by atoms with Gasteiger partial charge in [0, 0.05) is 1.43 Å². The van der Waals surface area contributed by atoms with Crippen molar-refractivity contribution in [3.05, 3.63) is 49.6 Å². The van der Waals surface area contributed by atoms with Crippen molar-refractivity contribution >= 4 is 0 Å². The quantitative estimate of drug-likeness (QED) is 0.145. The molecule has 9 aliphatic rings. The van der Waals surface area contributed by atoms with E-state index in [1.165, 1.54) is 12.8 Å². The molecule has 7 fully saturated rings. The Morgan fingerprint density at radius 3 is 1.06 bits per heavy atom. The molecule has 0 heterocycles. The van der Waals surface area contributed by atoms with Crippen LogP contribution in [-0.4, -0.2) is 18.5 Å². The van der Waals surface area contributed by atoms with E-state index in [0.29, 0.717) is 72.5 Å². The lowest BCUT2D eigenvalue weighted by Crippen LogP contribution is -2.37. The SMILES string of the molecule is C=CC=C.FC(F)(F)C1CC2CC1C1CC=CCC21.FC(F)(F)C1CC2CC1C1CC=CCC21.FC(F)(F)C1CC2CC1C1CCCCC21.[HH]. The summed E-state index contributed by atoms with van der Waals surface area (Å²) >= 11 is 0. The van der Waals surface area contributed by atoms with Crippen LogP contribution in [0.15, 0.2) is 49.6 Å². The standard InChI is InChI=1S/C12H17F3.2C12H15F3.C4H6.H2/c3*13-12(14,15)11-6-7-5-10(11)9-4-2-1-3-8(7)9;1-3-4-2;/h7-11H,1-6H2;2*1-2,7-11H,3-6H2;3-4H,1-2H2;1H. The van der Waals surface area contributed by atoms with E-state index >= 15 is 0 Å². The van der Waals surface area contributed by atoms with Gasteiger partial charge in [-0.15, -0.1) is 0 Å². The van der Waals surface area contributed by atoms with Crippen LogP contribution in [-0.2, 0) is 0 Å². The molecule has 15 atom stereocenters. The van der Waals surface area contributed by atoms with E-state index in [-0.39, 0.29) is 19.2 Å². The maximum absolute atomic E-state index is 12.8. The second-order valence-electron chi connectivity index (χ2n) is 16.8. The zero-order valence-corrected chi connectivity index (χ0v) is 28.3. The van der Waals surface area contributed by atoms with Crippen LogP contribution in [0, 0.1) is 88.8 Å². The summed E-state index contributed by atoms with van der Waals surface area (Å²) < 4.78 is 115. The average molecular weight is 707 g/mol. The van der Waals surface area contributed by atoms with Crippen molar-refractivity contribution in [2.75, 3.05) is 0 Å². The molecule has 9 aliphatic carbocycles. The number of alkyl halides is 9. The van der Waals surface area contributed by atoms with E-state index in [0.717, 1.165) is 57.8 Å². The van der Waals surface area contributed by atoms with Gasteiger partial charge in [0.05, 0.1) is 17.8 Å². The molecule has 0 radical (unpaired) electrons. The van der Waals surface area contributed by atoms with E-state index in [2.05, 4.69) is 37.5 Å². The van der Waals surface area contributed by atoms with Crippen LogP contribution < -0.4 is 0 Å². The fourth-order valence-corrected chi connectivity index (χ4v) is 13.0. The van der Waals surface area contributed by atoms with Crippen LogP contribution in [0.25, 0.3) is 0 Å². The third kappa shape index (κ3) is 7.48. The molecule has 9 rings (SSSR count). The smallest absolute Gasteiger partial charge is 0.171 e. The zero-order chi connectivity index (χ0) is 35.3. The van der Waals surface area contributed by atoms with Crippen molar-refractivity contribution in [3.63, 3.8) is 0 Å². The lowest BCUT2D eigenvalue weighted by molar-refractivity contribution is -0.196. The normalized spacial score (nSPS) is 45.1. The molecular weight excluding hydrogens is 651 g/mol. The molecule has 0 saturated heterocycles. The highest BCUT2D eigenvalue weighted by atomic mass is 19.4. The number of hydrogen-bond donors (Lipinski definition) is 0. The van der Waals surface area contributed by atoms with Gasteiger partial charge in [-0.05, 0) is 148 Å². The van der Waals surface area contributed by atoms with E-state index in [9.17, 15) is 39.5 Å². The van der Waals surface area contributed by atoms with Gasteiger partial charge >= 0.3 is 18.5 Å². The molecular formula is C40H55F9. The van der Waals surface area contributed by atoms with Gasteiger partial charge in [0.2, 0.25) is 0 Å². The summed E-state index contributed by atoms with van der Waals surface area (Å²) in [4.78, 5) is 0. The predicted octanol–water partition coefficient (Wildman–Crippen LogP) is 13.2. The molecule has 0 N–H and O–H groups in total. The molecule has 7 saturated carbocycles. The molecule has 0 aromatic carbocycles. The first-order valence-corrected chi connectivity index (χ1v) is 18.9. The molecule has 278 valence electrons. The topological polar surface area (TPSA) is 0 Å². The van der Waals surface area contributed by atoms with Crippen LogP contribution in [0.1, 0.15) is 91.3 Å². The molecule has 0 aromatic heterocycles. The van der Waals surface area contributed by atoms with Crippen LogP contribution in [0.3, 0.4) is 0 Å². The van der Waals surface area contributed by atoms with Crippen molar-refractivity contribution < 1.29 is 40.9 Å². The summed E-state index contributed by atoms with van der Waals surface area (Å²) in [5.74, 6) is 0.923. The van der Waals surface area contributed by atoms with Crippen molar-refractivity contribution in [3.8, 4) is 0 Å². The highest BCUT2D eigenvalue weighted by Crippen LogP contribution is 2.64. The van der Waals surface area contributed by atoms with Crippen molar-refractivity contribution in [1.29, 1.82) is 0 Å². The maximum Gasteiger partial charge on any atom is 0.392 e. The first kappa shape index (κ1) is 37.1. The summed E-state index contributed by atoms with van der Waals surface area (Å²) in [5, 5.41) is 0. The predicted molar refractivity (Wildman–Crippen MR) is 176 cm³/mol. The summed E-state index contributed by atoms with van der Waals surface area (Å²) in [7, 11) is 0. The summed E-state index contributed by atoms with van der Waals surface area (Å²) in [5.41, 5.74) is 0. The third-order valence-electron chi connectivity index (χ3n) is 14.8. The zero-order valence-electron chi connectivity index (χ0n) is 28.3. The van der Waals surface area contributed by atoms with Gasteiger partial charge in [-0.1, -0.05) is 62.5 Å². The second kappa shape index (κ2) is 14.4. The Morgan fingerprint density at radius 2 is 0.714 bits per heavy atom. The Labute approximate surface area is 287 Å². The first-order chi connectivity index (χ1) is 23.1. The van der Waals surface area contributed by atoms with Crippen LogP contribution in [0.4, 0.5) is 39.5 Å². The minimum Gasteiger partial charge on any atom is -0.171 e. The van der Waals surface area contributed by atoms with Crippen molar-refractivity contribution in [2.24, 2.45) is 88.8 Å². The van der Waals surface area contributed by atoms with Gasteiger partial charge in [0.15, 0.2) is 0 Å². The minimum absolute atomic E-state index is 0. The van der Waals surface area contributed by atoms with Crippen molar-refractivity contribution in [1.82, 2.24) is 0 Å². The van der Waals surface area contributed by atoms with Crippen LogP contribution in [0.2, 0.25) is 0 Å². The number of rotatable bonds is 1. The molecule has 9 heteroatoms. The lowest BCUT2D eigenvalue weighted by Gasteiger charge is -2.39. The Kier molecular flexibility index (Phi) is 10.9. The molecule has 0 aromatic rings. The fraction of sp³-hybridized carbons (Fsp3) is 0.800. The lowest BCUT2D eigenvalue weighted by atomic mass is 9.67. The third-order valence-corrected chi connectivity index (χ3v) is 14.8. The largest absolute Gasteiger partial charge is 0.392 e. The Hall–Kier alpha value is -1.67. The molecule has 0 aliphatic heterocycles. The van der Waals surface area contributed by atoms with Crippen LogP contribution in [0.5, 0.6) is 0 Å². The Morgan fingerprint density at radius 1 is 0.408 bits per heavy atom. The van der Waals surface area contributed by atoms with Gasteiger partial charge in [-0.3, -0.25) is 0 Å². The molecule has 0 spiro atoms. The minimum atomic E-state index is -3.95. The molecule has 0 amide bonds. The van der Waals surface area contributed by atoms with Gasteiger partial charge in [0.1, 0.15) is 0 Å². The summed E-state index contributed by atoms with van der Waals surface area (Å²) in [6.45, 7) is 6.72. The number of fused-ring (bicyclic) bond motifs is 15. The summed E-state index contributed by atoms with van der Waals surface area (Å²) in [6.07, 6.45) is 12.2. The van der Waals surface area contributed by atoms with Gasteiger partial charge < -0.3 is 0 Å². The van der Waals surface area contributed by atoms with Crippen LogP contribution >= 0.6 is 0 Å². The highest BCUT2D eigenvalue weighted by Gasteiger charge is 2.62. The maximum atomic E-state index is 12.8. The van der Waals surface area contributed by atoms with E-state index in [1.54, 1.807) is 12.2 Å². The average Bonchev–Trinajstić information content (AvgIpc) is 3.92. The first-order valence-electron chi connectivity index (χ1n) is 18.9. The van der Waals surface area contributed by atoms with E-state index in [4.69, 9.17) is 0 Å². The summed E-state index contributed by atoms with van der Waals surface area (Å²) in [6, 6.07) is 0. The number of hydrogen-bond acceptors (Lipinski definition) is 0. The Balaban J connectivity index is 0.000000137. The van der Waals surface area contributed by atoms with Gasteiger partial charge in [0.25, 0.3) is 0 Å². The highest BCUT2D eigenvalue weighted by molar-refractivity contribution is 5.10. The second-order valence-corrected chi connectivity index (χ2v) is 16.8. The Bertz CT molecular complexity index is 1150.